The van der Waals surface area contributed by atoms with Crippen molar-refractivity contribution < 1.29 is 0 Å². The Balaban J connectivity index is 2.08. The predicted molar refractivity (Wildman–Crippen MR) is 60.2 cm³/mol. The van der Waals surface area contributed by atoms with E-state index in [4.69, 9.17) is 0 Å². The Kier molecular flexibility index (Phi) is 4.94. The smallest absolute Gasteiger partial charge is 0.0300 e. The van der Waals surface area contributed by atoms with Crippen LogP contribution in [0.2, 0.25) is 0 Å². The van der Waals surface area contributed by atoms with Crippen LogP contribution in [0.15, 0.2) is 36.7 Å². The summed E-state index contributed by atoms with van der Waals surface area (Å²) in [6.07, 6.45) is 5.83. The van der Waals surface area contributed by atoms with E-state index in [-0.39, 0.29) is 0 Å². The first kappa shape index (κ1) is 10.9. The van der Waals surface area contributed by atoms with E-state index >= 15 is 0 Å². The lowest BCUT2D eigenvalue weighted by Crippen LogP contribution is -2.18. The summed E-state index contributed by atoms with van der Waals surface area (Å²) in [6.45, 7) is 7.96. The molecule has 0 radical (unpaired) electrons. The van der Waals surface area contributed by atoms with Gasteiger partial charge >= 0.3 is 0 Å². The van der Waals surface area contributed by atoms with Gasteiger partial charge in [0, 0.05) is 12.4 Å². The highest BCUT2D eigenvalue weighted by atomic mass is 14.8. The first-order chi connectivity index (χ1) is 6.79. The minimum Gasteiger partial charge on any atom is -0.316 e. The van der Waals surface area contributed by atoms with Crippen molar-refractivity contribution in [2.75, 3.05) is 13.1 Å². The summed E-state index contributed by atoms with van der Waals surface area (Å²) < 4.78 is 0. The first-order valence-electron chi connectivity index (χ1n) is 5.03. The van der Waals surface area contributed by atoms with Gasteiger partial charge in [0.2, 0.25) is 0 Å². The van der Waals surface area contributed by atoms with Crippen molar-refractivity contribution >= 4 is 0 Å². The van der Waals surface area contributed by atoms with Crippen LogP contribution in [0.3, 0.4) is 0 Å². The van der Waals surface area contributed by atoms with Crippen LogP contribution in [0.25, 0.3) is 0 Å². The summed E-state index contributed by atoms with van der Waals surface area (Å²) in [6, 6.07) is 4.08. The number of pyridine rings is 1. The lowest BCUT2D eigenvalue weighted by molar-refractivity contribution is 0.679. The highest BCUT2D eigenvalue weighted by molar-refractivity contribution is 5.08. The van der Waals surface area contributed by atoms with Crippen LogP contribution >= 0.6 is 0 Å². The van der Waals surface area contributed by atoms with Gasteiger partial charge in [-0.05, 0) is 44.5 Å². The molecule has 0 saturated heterocycles. The Morgan fingerprint density at radius 2 is 2.36 bits per heavy atom. The van der Waals surface area contributed by atoms with Crippen LogP contribution in [0.4, 0.5) is 0 Å². The Labute approximate surface area is 86.1 Å². The summed E-state index contributed by atoms with van der Waals surface area (Å²) >= 11 is 0. The fourth-order valence-corrected chi connectivity index (χ4v) is 1.21. The Hall–Kier alpha value is -1.15. The molecular weight excluding hydrogens is 172 g/mol. The number of hydrogen-bond donors (Lipinski definition) is 1. The van der Waals surface area contributed by atoms with Gasteiger partial charge in [0.1, 0.15) is 0 Å². The SMILES string of the molecule is C=C(C)CCNCCc1cccnc1. The number of nitrogens with zero attached hydrogens (tertiary/aromatic N) is 1. The Morgan fingerprint density at radius 1 is 1.50 bits per heavy atom. The van der Waals surface area contributed by atoms with Gasteiger partial charge < -0.3 is 5.32 Å². The fraction of sp³-hybridized carbons (Fsp3) is 0.417. The maximum Gasteiger partial charge on any atom is 0.0300 e. The molecule has 0 unspecified atom stereocenters. The minimum absolute atomic E-state index is 1.01. The van der Waals surface area contributed by atoms with Crippen molar-refractivity contribution in [1.29, 1.82) is 0 Å². The van der Waals surface area contributed by atoms with Gasteiger partial charge in [-0.15, -0.1) is 6.58 Å². The van der Waals surface area contributed by atoms with Gasteiger partial charge in [-0.3, -0.25) is 4.98 Å². The number of hydrogen-bond acceptors (Lipinski definition) is 2. The largest absolute Gasteiger partial charge is 0.316 e. The third kappa shape index (κ3) is 4.77. The van der Waals surface area contributed by atoms with Crippen molar-refractivity contribution in [3.63, 3.8) is 0 Å². The maximum atomic E-state index is 4.07. The van der Waals surface area contributed by atoms with E-state index in [9.17, 15) is 0 Å². The standard InChI is InChI=1S/C12H18N2/c1-11(2)5-8-13-9-6-12-4-3-7-14-10-12/h3-4,7,10,13H,1,5-6,8-9H2,2H3. The molecule has 76 valence electrons. The molecule has 1 aromatic heterocycles. The van der Waals surface area contributed by atoms with Crippen molar-refractivity contribution in [1.82, 2.24) is 10.3 Å². The average molecular weight is 190 g/mol. The molecule has 0 aliphatic heterocycles. The van der Waals surface area contributed by atoms with E-state index in [2.05, 4.69) is 29.9 Å². The summed E-state index contributed by atoms with van der Waals surface area (Å²) in [7, 11) is 0. The minimum atomic E-state index is 1.01. The molecule has 1 heterocycles. The first-order valence-corrected chi connectivity index (χ1v) is 5.03. The van der Waals surface area contributed by atoms with Crippen molar-refractivity contribution in [3.8, 4) is 0 Å². The van der Waals surface area contributed by atoms with Crippen LogP contribution in [0, 0.1) is 0 Å². The van der Waals surface area contributed by atoms with Crippen LogP contribution in [-0.4, -0.2) is 18.1 Å². The highest BCUT2D eigenvalue weighted by Crippen LogP contribution is 1.96. The molecule has 0 aliphatic rings. The van der Waals surface area contributed by atoms with E-state index in [1.807, 2.05) is 12.3 Å². The molecule has 0 aromatic carbocycles. The highest BCUT2D eigenvalue weighted by Gasteiger charge is 1.91. The average Bonchev–Trinajstić information content (AvgIpc) is 2.18. The predicted octanol–water partition coefficient (Wildman–Crippen LogP) is 2.18. The molecule has 0 atom stereocenters. The van der Waals surface area contributed by atoms with Gasteiger partial charge in [0.05, 0.1) is 0 Å². The lowest BCUT2D eigenvalue weighted by Gasteiger charge is -2.03. The number of nitrogens with one attached hydrogen (secondary N) is 1. The third-order valence-corrected chi connectivity index (χ3v) is 2.04. The van der Waals surface area contributed by atoms with Gasteiger partial charge in [0.15, 0.2) is 0 Å². The van der Waals surface area contributed by atoms with E-state index in [0.29, 0.717) is 0 Å². The molecule has 1 N–H and O–H groups in total. The second-order valence-corrected chi connectivity index (χ2v) is 3.57. The Morgan fingerprint density at radius 3 is 3.00 bits per heavy atom. The van der Waals surface area contributed by atoms with Gasteiger partial charge in [-0.25, -0.2) is 0 Å². The van der Waals surface area contributed by atoms with E-state index in [0.717, 1.165) is 25.9 Å². The summed E-state index contributed by atoms with van der Waals surface area (Å²) in [4.78, 5) is 4.07. The number of aromatic nitrogens is 1. The molecule has 0 amide bonds. The molecule has 2 heteroatoms. The van der Waals surface area contributed by atoms with E-state index in [1.165, 1.54) is 11.1 Å². The lowest BCUT2D eigenvalue weighted by atomic mass is 10.2. The molecule has 14 heavy (non-hydrogen) atoms. The van der Waals surface area contributed by atoms with Crippen molar-refractivity contribution in [3.05, 3.63) is 42.2 Å². The normalized spacial score (nSPS) is 10.1. The molecule has 0 aliphatic carbocycles. The van der Waals surface area contributed by atoms with E-state index in [1.54, 1.807) is 6.20 Å². The maximum absolute atomic E-state index is 4.07. The molecule has 1 aromatic rings. The molecule has 2 nitrogen and oxygen atoms in total. The quantitative estimate of drug-likeness (QED) is 0.549. The zero-order chi connectivity index (χ0) is 10.2. The monoisotopic (exact) mass is 190 g/mol. The molecule has 0 saturated carbocycles. The van der Waals surface area contributed by atoms with Gasteiger partial charge in [-0.1, -0.05) is 11.6 Å². The van der Waals surface area contributed by atoms with Crippen molar-refractivity contribution in [2.45, 2.75) is 19.8 Å². The zero-order valence-electron chi connectivity index (χ0n) is 8.79. The Bertz CT molecular complexity index is 267. The second kappa shape index (κ2) is 6.33. The van der Waals surface area contributed by atoms with Gasteiger partial charge in [0.25, 0.3) is 0 Å². The molecule has 0 bridgehead atoms. The van der Waals surface area contributed by atoms with Crippen LogP contribution in [0.5, 0.6) is 0 Å². The summed E-state index contributed by atoms with van der Waals surface area (Å²) in [5.41, 5.74) is 2.52. The van der Waals surface area contributed by atoms with E-state index < -0.39 is 0 Å². The third-order valence-electron chi connectivity index (χ3n) is 2.04. The second-order valence-electron chi connectivity index (χ2n) is 3.57. The molecular formula is C12H18N2. The molecule has 0 fully saturated rings. The zero-order valence-corrected chi connectivity index (χ0v) is 8.79. The topological polar surface area (TPSA) is 24.9 Å². The molecule has 0 spiro atoms. The summed E-state index contributed by atoms with van der Waals surface area (Å²) in [5, 5.41) is 3.38. The van der Waals surface area contributed by atoms with Gasteiger partial charge in [-0.2, -0.15) is 0 Å². The molecule has 1 rings (SSSR count). The fourth-order valence-electron chi connectivity index (χ4n) is 1.21. The van der Waals surface area contributed by atoms with Crippen LogP contribution in [-0.2, 0) is 6.42 Å². The number of rotatable bonds is 6. The van der Waals surface area contributed by atoms with Crippen molar-refractivity contribution in [2.24, 2.45) is 0 Å². The van der Waals surface area contributed by atoms with Crippen LogP contribution < -0.4 is 5.32 Å². The summed E-state index contributed by atoms with van der Waals surface area (Å²) in [5.74, 6) is 0. The van der Waals surface area contributed by atoms with Crippen LogP contribution in [0.1, 0.15) is 18.9 Å².